The van der Waals surface area contributed by atoms with Crippen LogP contribution in [0.25, 0.3) is 10.6 Å². The van der Waals surface area contributed by atoms with Gasteiger partial charge in [-0.2, -0.15) is 30.2 Å². The zero-order valence-electron chi connectivity index (χ0n) is 8.65. The zero-order valence-corrected chi connectivity index (χ0v) is 10.4. The summed E-state index contributed by atoms with van der Waals surface area (Å²) in [7, 11) is 0. The van der Waals surface area contributed by atoms with Gasteiger partial charge in [0, 0.05) is 18.0 Å². The molecule has 0 bridgehead atoms. The SMILES string of the molecule is Fc1nc(-c2cccnc2)sc1C(S)C(F)(F)F. The highest BCUT2D eigenvalue weighted by Crippen LogP contribution is 2.42. The van der Waals surface area contributed by atoms with Crippen molar-refractivity contribution in [2.24, 2.45) is 0 Å². The van der Waals surface area contributed by atoms with Crippen molar-refractivity contribution in [2.75, 3.05) is 0 Å². The van der Waals surface area contributed by atoms with E-state index in [1.54, 1.807) is 12.1 Å². The summed E-state index contributed by atoms with van der Waals surface area (Å²) < 4.78 is 50.8. The number of pyridine rings is 1. The lowest BCUT2D eigenvalue weighted by Crippen LogP contribution is -2.15. The van der Waals surface area contributed by atoms with Gasteiger partial charge in [-0.15, -0.1) is 11.3 Å². The van der Waals surface area contributed by atoms with Crippen LogP contribution in [0.15, 0.2) is 24.5 Å². The van der Waals surface area contributed by atoms with Crippen LogP contribution in [0.4, 0.5) is 17.6 Å². The minimum absolute atomic E-state index is 0.152. The molecule has 8 heteroatoms. The molecule has 0 fully saturated rings. The van der Waals surface area contributed by atoms with Gasteiger partial charge in [0.05, 0.1) is 4.88 Å². The Balaban J connectivity index is 2.39. The number of thiol groups is 1. The summed E-state index contributed by atoms with van der Waals surface area (Å²) in [6.07, 6.45) is -1.70. The fraction of sp³-hybridized carbons (Fsp3) is 0.200. The van der Waals surface area contributed by atoms with Crippen LogP contribution < -0.4 is 0 Å². The van der Waals surface area contributed by atoms with Crippen LogP contribution in [0, 0.1) is 5.95 Å². The van der Waals surface area contributed by atoms with Crippen molar-refractivity contribution in [3.8, 4) is 10.6 Å². The van der Waals surface area contributed by atoms with E-state index in [9.17, 15) is 17.6 Å². The quantitative estimate of drug-likeness (QED) is 0.672. The molecule has 1 unspecified atom stereocenters. The van der Waals surface area contributed by atoms with E-state index < -0.39 is 22.3 Å². The number of hydrogen-bond donors (Lipinski definition) is 1. The molecule has 0 aromatic carbocycles. The maximum atomic E-state index is 13.4. The molecule has 0 spiro atoms. The highest BCUT2D eigenvalue weighted by atomic mass is 32.1. The third kappa shape index (κ3) is 2.64. The fourth-order valence-electron chi connectivity index (χ4n) is 1.24. The maximum Gasteiger partial charge on any atom is 0.405 e. The first-order valence-corrected chi connectivity index (χ1v) is 6.04. The summed E-state index contributed by atoms with van der Waals surface area (Å²) >= 11 is 4.01. The third-order valence-corrected chi connectivity index (χ3v) is 3.95. The minimum Gasteiger partial charge on any atom is -0.264 e. The smallest absolute Gasteiger partial charge is 0.264 e. The molecule has 96 valence electrons. The molecule has 0 aliphatic rings. The van der Waals surface area contributed by atoms with Gasteiger partial charge in [-0.05, 0) is 12.1 Å². The van der Waals surface area contributed by atoms with E-state index in [2.05, 4.69) is 22.6 Å². The zero-order chi connectivity index (χ0) is 13.3. The summed E-state index contributed by atoms with van der Waals surface area (Å²) in [5, 5.41) is -2.01. The standard InChI is InChI=1S/C10H6F4N2S2/c11-8-6(7(17)10(12,13)14)18-9(16-8)5-2-1-3-15-4-5/h1-4,7,17H. The molecule has 2 aromatic rings. The van der Waals surface area contributed by atoms with Gasteiger partial charge in [-0.25, -0.2) is 4.98 Å². The summed E-state index contributed by atoms with van der Waals surface area (Å²) in [6.45, 7) is 0. The van der Waals surface area contributed by atoms with E-state index in [0.717, 1.165) is 0 Å². The maximum absolute atomic E-state index is 13.4. The summed E-state index contributed by atoms with van der Waals surface area (Å²) in [5.74, 6) is -1.14. The molecule has 0 saturated heterocycles. The minimum atomic E-state index is -4.61. The molecular weight excluding hydrogens is 288 g/mol. The van der Waals surface area contributed by atoms with Gasteiger partial charge in [0.1, 0.15) is 10.3 Å². The van der Waals surface area contributed by atoms with Crippen LogP contribution in [0.2, 0.25) is 0 Å². The predicted octanol–water partition coefficient (Wildman–Crippen LogP) is 3.88. The molecule has 2 rings (SSSR count). The lowest BCUT2D eigenvalue weighted by Gasteiger charge is -2.11. The van der Waals surface area contributed by atoms with Gasteiger partial charge >= 0.3 is 6.18 Å². The van der Waals surface area contributed by atoms with E-state index in [0.29, 0.717) is 16.9 Å². The van der Waals surface area contributed by atoms with E-state index in [-0.39, 0.29) is 5.01 Å². The number of thiazole rings is 1. The number of nitrogens with zero attached hydrogens (tertiary/aromatic N) is 2. The highest BCUT2D eigenvalue weighted by molar-refractivity contribution is 7.80. The molecule has 0 saturated carbocycles. The lowest BCUT2D eigenvalue weighted by molar-refractivity contribution is -0.129. The lowest BCUT2D eigenvalue weighted by atomic mass is 10.3. The monoisotopic (exact) mass is 294 g/mol. The largest absolute Gasteiger partial charge is 0.405 e. The molecule has 0 amide bonds. The molecule has 18 heavy (non-hydrogen) atoms. The van der Waals surface area contributed by atoms with Gasteiger partial charge in [0.15, 0.2) is 0 Å². The molecule has 0 aliphatic heterocycles. The van der Waals surface area contributed by atoms with E-state index in [1.807, 2.05) is 0 Å². The van der Waals surface area contributed by atoms with Gasteiger partial charge in [-0.1, -0.05) is 0 Å². The fourth-order valence-corrected chi connectivity index (χ4v) is 2.46. The van der Waals surface area contributed by atoms with Crippen LogP contribution in [0.3, 0.4) is 0 Å². The second-order valence-electron chi connectivity index (χ2n) is 3.36. The van der Waals surface area contributed by atoms with Crippen molar-refractivity contribution in [1.82, 2.24) is 9.97 Å². The van der Waals surface area contributed by atoms with E-state index in [1.165, 1.54) is 12.4 Å². The second-order valence-corrected chi connectivity index (χ2v) is 4.91. The second kappa shape index (κ2) is 4.85. The molecule has 2 nitrogen and oxygen atoms in total. The summed E-state index contributed by atoms with van der Waals surface area (Å²) in [5.41, 5.74) is 0.468. The first-order valence-electron chi connectivity index (χ1n) is 4.71. The summed E-state index contributed by atoms with van der Waals surface area (Å²) in [4.78, 5) is 6.74. The highest BCUT2D eigenvalue weighted by Gasteiger charge is 2.41. The number of rotatable bonds is 2. The van der Waals surface area contributed by atoms with Crippen molar-refractivity contribution in [1.29, 1.82) is 0 Å². The van der Waals surface area contributed by atoms with Gasteiger partial charge in [0.25, 0.3) is 0 Å². The molecule has 0 radical (unpaired) electrons. The molecule has 0 N–H and O–H groups in total. The van der Waals surface area contributed by atoms with Gasteiger partial charge in [-0.3, -0.25) is 4.98 Å². The van der Waals surface area contributed by atoms with Crippen molar-refractivity contribution in [3.63, 3.8) is 0 Å². The van der Waals surface area contributed by atoms with Crippen LogP contribution in [-0.2, 0) is 0 Å². The van der Waals surface area contributed by atoms with Crippen molar-refractivity contribution >= 4 is 24.0 Å². The normalized spacial score (nSPS) is 13.6. The average Bonchev–Trinajstić information content (AvgIpc) is 2.70. The first-order chi connectivity index (χ1) is 8.39. The number of alkyl halides is 3. The number of aromatic nitrogens is 2. The number of hydrogen-bond acceptors (Lipinski definition) is 4. The Hall–Kier alpha value is -1.15. The predicted molar refractivity (Wildman–Crippen MR) is 63.1 cm³/mol. The molecule has 2 aromatic heterocycles. The van der Waals surface area contributed by atoms with Gasteiger partial charge in [0.2, 0.25) is 5.95 Å². The Morgan fingerprint density at radius 3 is 2.61 bits per heavy atom. The van der Waals surface area contributed by atoms with Gasteiger partial charge < -0.3 is 0 Å². The Morgan fingerprint density at radius 1 is 1.33 bits per heavy atom. The third-order valence-electron chi connectivity index (χ3n) is 2.08. The van der Waals surface area contributed by atoms with Crippen LogP contribution in [0.5, 0.6) is 0 Å². The molecule has 1 atom stereocenters. The van der Waals surface area contributed by atoms with Crippen molar-refractivity contribution in [3.05, 3.63) is 35.4 Å². The average molecular weight is 294 g/mol. The first kappa shape index (κ1) is 13.3. The van der Waals surface area contributed by atoms with E-state index in [4.69, 9.17) is 0 Å². The molecular formula is C10H6F4N2S2. The van der Waals surface area contributed by atoms with E-state index >= 15 is 0 Å². The molecule has 2 heterocycles. The van der Waals surface area contributed by atoms with Crippen molar-refractivity contribution in [2.45, 2.75) is 11.4 Å². The summed E-state index contributed by atoms with van der Waals surface area (Å²) in [6, 6.07) is 3.19. The topological polar surface area (TPSA) is 25.8 Å². The Labute approximate surface area is 109 Å². The molecule has 0 aliphatic carbocycles. The number of halogens is 4. The Morgan fingerprint density at radius 2 is 2.06 bits per heavy atom. The Kier molecular flexibility index (Phi) is 3.58. The van der Waals surface area contributed by atoms with Crippen LogP contribution in [-0.4, -0.2) is 16.1 Å². The van der Waals surface area contributed by atoms with Crippen molar-refractivity contribution < 1.29 is 17.6 Å². The van der Waals surface area contributed by atoms with Crippen LogP contribution >= 0.6 is 24.0 Å². The van der Waals surface area contributed by atoms with Crippen LogP contribution in [0.1, 0.15) is 10.1 Å². The Bertz CT molecular complexity index is 539.